The second-order valence-corrected chi connectivity index (χ2v) is 5.35. The Morgan fingerprint density at radius 3 is 2.72 bits per heavy atom. The standard InChI is InChI=1S/C13H17ClN2O2/c14-12-8-11(16(17)18)6-5-9(12)7-10-3-1-2-4-13(10)15/h5-6,8,10,13H,1-4,7,15H2. The summed E-state index contributed by atoms with van der Waals surface area (Å²) in [5.74, 6) is 0.442. The number of nitro groups is 1. The second kappa shape index (κ2) is 5.67. The van der Waals surface area contributed by atoms with Gasteiger partial charge in [0.15, 0.2) is 0 Å². The van der Waals surface area contributed by atoms with Crippen molar-refractivity contribution in [3.05, 3.63) is 38.9 Å². The third-order valence-electron chi connectivity index (χ3n) is 3.70. The van der Waals surface area contributed by atoms with Crippen molar-refractivity contribution in [2.45, 2.75) is 38.1 Å². The Morgan fingerprint density at radius 2 is 2.11 bits per heavy atom. The highest BCUT2D eigenvalue weighted by molar-refractivity contribution is 6.31. The summed E-state index contributed by atoms with van der Waals surface area (Å²) in [6, 6.07) is 4.91. The van der Waals surface area contributed by atoms with Gasteiger partial charge >= 0.3 is 0 Å². The highest BCUT2D eigenvalue weighted by Gasteiger charge is 2.23. The molecule has 0 aliphatic heterocycles. The number of rotatable bonds is 3. The van der Waals surface area contributed by atoms with Gasteiger partial charge in [0, 0.05) is 18.2 Å². The molecule has 1 aromatic carbocycles. The SMILES string of the molecule is NC1CCCCC1Cc1ccc([N+](=O)[O-])cc1Cl. The molecule has 0 aromatic heterocycles. The summed E-state index contributed by atoms with van der Waals surface area (Å²) in [5, 5.41) is 11.1. The molecule has 2 rings (SSSR count). The maximum absolute atomic E-state index is 10.6. The van der Waals surface area contributed by atoms with Crippen molar-refractivity contribution < 1.29 is 4.92 Å². The molecule has 0 saturated heterocycles. The fourth-order valence-electron chi connectivity index (χ4n) is 2.59. The summed E-state index contributed by atoms with van der Waals surface area (Å²) in [7, 11) is 0. The first kappa shape index (κ1) is 13.3. The quantitative estimate of drug-likeness (QED) is 0.675. The molecule has 1 saturated carbocycles. The summed E-state index contributed by atoms with van der Waals surface area (Å²) in [6.07, 6.45) is 5.41. The van der Waals surface area contributed by atoms with Gasteiger partial charge in [-0.3, -0.25) is 10.1 Å². The lowest BCUT2D eigenvalue weighted by molar-refractivity contribution is -0.384. The van der Waals surface area contributed by atoms with E-state index in [2.05, 4.69) is 0 Å². The van der Waals surface area contributed by atoms with E-state index in [-0.39, 0.29) is 11.7 Å². The van der Waals surface area contributed by atoms with E-state index in [1.54, 1.807) is 6.07 Å². The largest absolute Gasteiger partial charge is 0.327 e. The number of halogens is 1. The molecule has 1 aliphatic carbocycles. The van der Waals surface area contributed by atoms with Crippen molar-refractivity contribution >= 4 is 17.3 Å². The van der Waals surface area contributed by atoms with Crippen LogP contribution in [0, 0.1) is 16.0 Å². The van der Waals surface area contributed by atoms with E-state index in [1.165, 1.54) is 25.0 Å². The van der Waals surface area contributed by atoms with Crippen LogP contribution < -0.4 is 5.73 Å². The van der Waals surface area contributed by atoms with Gasteiger partial charge in [0.2, 0.25) is 0 Å². The molecule has 18 heavy (non-hydrogen) atoms. The van der Waals surface area contributed by atoms with Crippen LogP contribution in [0.4, 0.5) is 5.69 Å². The minimum absolute atomic E-state index is 0.0386. The minimum Gasteiger partial charge on any atom is -0.327 e. The zero-order valence-electron chi connectivity index (χ0n) is 10.1. The highest BCUT2D eigenvalue weighted by Crippen LogP contribution is 2.30. The van der Waals surface area contributed by atoms with Crippen molar-refractivity contribution in [3.8, 4) is 0 Å². The summed E-state index contributed by atoms with van der Waals surface area (Å²) in [5.41, 5.74) is 7.10. The first-order valence-electron chi connectivity index (χ1n) is 6.26. The molecule has 98 valence electrons. The van der Waals surface area contributed by atoms with Crippen molar-refractivity contribution in [3.63, 3.8) is 0 Å². The highest BCUT2D eigenvalue weighted by atomic mass is 35.5. The average Bonchev–Trinajstić information content (AvgIpc) is 2.34. The van der Waals surface area contributed by atoms with Crippen molar-refractivity contribution in [2.75, 3.05) is 0 Å². The predicted molar refractivity (Wildman–Crippen MR) is 71.7 cm³/mol. The van der Waals surface area contributed by atoms with Crippen LogP contribution >= 0.6 is 11.6 Å². The Kier molecular flexibility index (Phi) is 4.19. The zero-order chi connectivity index (χ0) is 13.1. The van der Waals surface area contributed by atoms with Crippen molar-refractivity contribution in [1.29, 1.82) is 0 Å². The van der Waals surface area contributed by atoms with Crippen LogP contribution in [0.5, 0.6) is 0 Å². The molecule has 0 bridgehead atoms. The van der Waals surface area contributed by atoms with E-state index in [1.807, 2.05) is 0 Å². The fourth-order valence-corrected chi connectivity index (χ4v) is 2.84. The minimum atomic E-state index is -0.429. The molecule has 1 aliphatic rings. The second-order valence-electron chi connectivity index (χ2n) is 4.95. The number of hydrogen-bond acceptors (Lipinski definition) is 3. The van der Waals surface area contributed by atoms with Crippen LogP contribution in [0.25, 0.3) is 0 Å². The first-order chi connectivity index (χ1) is 8.58. The summed E-state index contributed by atoms with van der Waals surface area (Å²) < 4.78 is 0. The molecule has 2 atom stereocenters. The number of non-ortho nitro benzene ring substituents is 1. The van der Waals surface area contributed by atoms with Crippen LogP contribution in [0.15, 0.2) is 18.2 Å². The molecule has 0 amide bonds. The average molecular weight is 269 g/mol. The van der Waals surface area contributed by atoms with Crippen LogP contribution in [0.3, 0.4) is 0 Å². The third-order valence-corrected chi connectivity index (χ3v) is 4.05. The Labute approximate surface area is 111 Å². The van der Waals surface area contributed by atoms with Crippen LogP contribution in [0.1, 0.15) is 31.2 Å². The molecule has 0 radical (unpaired) electrons. The van der Waals surface area contributed by atoms with Gasteiger partial charge in [0.05, 0.1) is 9.95 Å². The van der Waals surface area contributed by atoms with Crippen molar-refractivity contribution in [2.24, 2.45) is 11.7 Å². The van der Waals surface area contributed by atoms with E-state index in [4.69, 9.17) is 17.3 Å². The van der Waals surface area contributed by atoms with Gasteiger partial charge in [-0.15, -0.1) is 0 Å². The van der Waals surface area contributed by atoms with E-state index in [9.17, 15) is 10.1 Å². The number of hydrogen-bond donors (Lipinski definition) is 1. The Balaban J connectivity index is 2.11. The third kappa shape index (κ3) is 3.00. The molecular weight excluding hydrogens is 252 g/mol. The predicted octanol–water partition coefficient (Wildman–Crippen LogP) is 3.31. The van der Waals surface area contributed by atoms with Crippen LogP contribution in [0.2, 0.25) is 5.02 Å². The molecule has 0 heterocycles. The maximum atomic E-state index is 10.6. The van der Waals surface area contributed by atoms with E-state index in [0.717, 1.165) is 24.8 Å². The number of nitrogens with zero attached hydrogens (tertiary/aromatic N) is 1. The van der Waals surface area contributed by atoms with Gasteiger partial charge in [-0.05, 0) is 30.7 Å². The molecule has 1 aromatic rings. The summed E-state index contributed by atoms with van der Waals surface area (Å²) >= 11 is 6.10. The number of benzene rings is 1. The fraction of sp³-hybridized carbons (Fsp3) is 0.538. The van der Waals surface area contributed by atoms with Crippen molar-refractivity contribution in [1.82, 2.24) is 0 Å². The smallest absolute Gasteiger partial charge is 0.270 e. The zero-order valence-corrected chi connectivity index (χ0v) is 10.9. The Bertz CT molecular complexity index is 451. The Morgan fingerprint density at radius 1 is 1.39 bits per heavy atom. The summed E-state index contributed by atoms with van der Waals surface area (Å²) in [4.78, 5) is 10.2. The van der Waals surface area contributed by atoms with Crippen LogP contribution in [-0.2, 0) is 6.42 Å². The van der Waals surface area contributed by atoms with Gasteiger partial charge < -0.3 is 5.73 Å². The molecule has 1 fully saturated rings. The normalized spacial score (nSPS) is 23.9. The first-order valence-corrected chi connectivity index (χ1v) is 6.64. The number of nitro benzene ring substituents is 1. The molecule has 5 heteroatoms. The lowest BCUT2D eigenvalue weighted by atomic mass is 9.81. The van der Waals surface area contributed by atoms with Gasteiger partial charge in [-0.25, -0.2) is 0 Å². The van der Waals surface area contributed by atoms with Gasteiger partial charge in [0.1, 0.15) is 0 Å². The lowest BCUT2D eigenvalue weighted by Gasteiger charge is -2.28. The monoisotopic (exact) mass is 268 g/mol. The van der Waals surface area contributed by atoms with E-state index >= 15 is 0 Å². The molecule has 4 nitrogen and oxygen atoms in total. The molecular formula is C13H17ClN2O2. The number of nitrogens with two attached hydrogens (primary N) is 1. The van der Waals surface area contributed by atoms with E-state index in [0.29, 0.717) is 10.9 Å². The van der Waals surface area contributed by atoms with Gasteiger partial charge in [-0.2, -0.15) is 0 Å². The van der Waals surface area contributed by atoms with E-state index < -0.39 is 4.92 Å². The molecule has 2 N–H and O–H groups in total. The maximum Gasteiger partial charge on any atom is 0.270 e. The van der Waals surface area contributed by atoms with Gasteiger partial charge in [-0.1, -0.05) is 30.5 Å². The summed E-state index contributed by atoms with van der Waals surface area (Å²) in [6.45, 7) is 0. The molecule has 2 unspecified atom stereocenters. The Hall–Kier alpha value is -1.13. The topological polar surface area (TPSA) is 69.2 Å². The van der Waals surface area contributed by atoms with Gasteiger partial charge in [0.25, 0.3) is 5.69 Å². The molecule has 0 spiro atoms. The lowest BCUT2D eigenvalue weighted by Crippen LogP contribution is -2.34. The van der Waals surface area contributed by atoms with Crippen LogP contribution in [-0.4, -0.2) is 11.0 Å².